The molecule has 0 fully saturated rings. The van der Waals surface area contributed by atoms with E-state index in [4.69, 9.17) is 11.6 Å². The molecule has 6 heteroatoms. The Balaban J connectivity index is 2.02. The van der Waals surface area contributed by atoms with Crippen LogP contribution in [0.4, 0.5) is 10.1 Å². The number of hydrogen-bond acceptors (Lipinski definition) is 2. The summed E-state index contributed by atoms with van der Waals surface area (Å²) in [4.78, 5) is 12.4. The fourth-order valence-corrected chi connectivity index (χ4v) is 2.83. The second-order valence-corrected chi connectivity index (χ2v) is 6.84. The predicted octanol–water partition coefficient (Wildman–Crippen LogP) is 5.31. The summed E-state index contributed by atoms with van der Waals surface area (Å²) in [5, 5.41) is 6.20. The van der Waals surface area contributed by atoms with E-state index in [1.807, 2.05) is 24.3 Å². The number of amides is 1. The normalized spacial score (nSPS) is 13.4. The number of benzene rings is 2. The number of carbonyl (C=O) groups is 1. The van der Waals surface area contributed by atoms with Crippen molar-refractivity contribution in [3.63, 3.8) is 0 Å². The van der Waals surface area contributed by atoms with Gasteiger partial charge in [0.05, 0.1) is 16.8 Å². The molecule has 0 radical (unpaired) electrons. The Bertz CT molecular complexity index is 709. The highest BCUT2D eigenvalue weighted by Gasteiger charge is 2.19. The largest absolute Gasteiger partial charge is 0.323 e. The number of nitrogens with one attached hydrogen (secondary N) is 2. The molecule has 2 aromatic rings. The van der Waals surface area contributed by atoms with Crippen molar-refractivity contribution in [2.24, 2.45) is 0 Å². The highest BCUT2D eigenvalue weighted by molar-refractivity contribution is 9.10. The number of rotatable bonds is 6. The second kappa shape index (κ2) is 8.60. The lowest BCUT2D eigenvalue weighted by Crippen LogP contribution is -2.40. The maximum absolute atomic E-state index is 13.1. The van der Waals surface area contributed by atoms with Crippen LogP contribution in [0.25, 0.3) is 0 Å². The van der Waals surface area contributed by atoms with E-state index in [-0.39, 0.29) is 17.0 Å². The van der Waals surface area contributed by atoms with Crippen LogP contribution in [-0.2, 0) is 4.79 Å². The second-order valence-electron chi connectivity index (χ2n) is 5.51. The Labute approximate surface area is 154 Å². The van der Waals surface area contributed by atoms with Gasteiger partial charge in [-0.25, -0.2) is 4.39 Å². The van der Waals surface area contributed by atoms with E-state index in [1.54, 1.807) is 6.92 Å². The van der Waals surface area contributed by atoms with E-state index in [1.165, 1.54) is 18.2 Å². The van der Waals surface area contributed by atoms with Crippen molar-refractivity contribution in [1.29, 1.82) is 0 Å². The Morgan fingerprint density at radius 2 is 1.92 bits per heavy atom. The van der Waals surface area contributed by atoms with Crippen molar-refractivity contribution < 1.29 is 9.18 Å². The topological polar surface area (TPSA) is 41.1 Å². The van der Waals surface area contributed by atoms with Gasteiger partial charge in [-0.15, -0.1) is 0 Å². The molecule has 0 bridgehead atoms. The van der Waals surface area contributed by atoms with Gasteiger partial charge >= 0.3 is 0 Å². The lowest BCUT2D eigenvalue weighted by Gasteiger charge is -2.22. The van der Waals surface area contributed by atoms with E-state index in [0.29, 0.717) is 5.69 Å². The third-order valence-corrected chi connectivity index (χ3v) is 4.56. The van der Waals surface area contributed by atoms with Crippen molar-refractivity contribution in [2.75, 3.05) is 5.32 Å². The molecule has 0 unspecified atom stereocenters. The van der Waals surface area contributed by atoms with Gasteiger partial charge in [0.25, 0.3) is 0 Å². The van der Waals surface area contributed by atoms with E-state index in [9.17, 15) is 9.18 Å². The van der Waals surface area contributed by atoms with Crippen molar-refractivity contribution in [2.45, 2.75) is 32.4 Å². The monoisotopic (exact) mass is 412 g/mol. The fraction of sp³-hybridized carbons (Fsp3) is 0.278. The Morgan fingerprint density at radius 3 is 2.50 bits per heavy atom. The average molecular weight is 414 g/mol. The molecule has 3 nitrogen and oxygen atoms in total. The summed E-state index contributed by atoms with van der Waals surface area (Å²) in [6, 6.07) is 11.5. The smallest absolute Gasteiger partial charge is 0.241 e. The van der Waals surface area contributed by atoms with Gasteiger partial charge < -0.3 is 5.32 Å². The standard InChI is InChI=1S/C18H19BrClFN2O/c1-3-16(12-4-6-13(19)7-5-12)22-11(2)18(24)23-17-9-8-14(21)10-15(17)20/h4-11,16,22H,3H2,1-2H3,(H,23,24)/t11-,16-/m0/s1. The molecule has 0 heterocycles. The zero-order chi connectivity index (χ0) is 17.7. The molecule has 2 atom stereocenters. The van der Waals surface area contributed by atoms with Gasteiger partial charge in [0, 0.05) is 10.5 Å². The lowest BCUT2D eigenvalue weighted by molar-refractivity contribution is -0.118. The van der Waals surface area contributed by atoms with Crippen molar-refractivity contribution in [3.05, 3.63) is 63.3 Å². The molecule has 2 rings (SSSR count). The summed E-state index contributed by atoms with van der Waals surface area (Å²) in [5.41, 5.74) is 1.51. The Kier molecular flexibility index (Phi) is 6.78. The van der Waals surface area contributed by atoms with Gasteiger partial charge in [-0.3, -0.25) is 10.1 Å². The minimum absolute atomic E-state index is 0.0579. The minimum Gasteiger partial charge on any atom is -0.323 e. The molecule has 1 amide bonds. The highest BCUT2D eigenvalue weighted by atomic mass is 79.9. The molecule has 0 saturated carbocycles. The van der Waals surface area contributed by atoms with Crippen molar-refractivity contribution in [3.8, 4) is 0 Å². The van der Waals surface area contributed by atoms with Crippen LogP contribution in [0.1, 0.15) is 31.9 Å². The van der Waals surface area contributed by atoms with E-state index >= 15 is 0 Å². The molecule has 0 aliphatic carbocycles. The number of halogens is 3. The lowest BCUT2D eigenvalue weighted by atomic mass is 10.0. The molecule has 0 aliphatic heterocycles. The van der Waals surface area contributed by atoms with Crippen LogP contribution < -0.4 is 10.6 Å². The van der Waals surface area contributed by atoms with Gasteiger partial charge in [-0.05, 0) is 49.2 Å². The third kappa shape index (κ3) is 5.03. The Hall–Kier alpha value is -1.43. The van der Waals surface area contributed by atoms with Crippen LogP contribution in [0.3, 0.4) is 0 Å². The Morgan fingerprint density at radius 1 is 1.25 bits per heavy atom. The van der Waals surface area contributed by atoms with Crippen LogP contribution >= 0.6 is 27.5 Å². The van der Waals surface area contributed by atoms with Gasteiger partial charge in [-0.1, -0.05) is 46.6 Å². The molecule has 128 valence electrons. The summed E-state index contributed by atoms with van der Waals surface area (Å²) in [6.45, 7) is 3.84. The zero-order valence-electron chi connectivity index (χ0n) is 13.4. The fourth-order valence-electron chi connectivity index (χ4n) is 2.35. The van der Waals surface area contributed by atoms with Gasteiger partial charge in [0.1, 0.15) is 5.82 Å². The summed E-state index contributed by atoms with van der Waals surface area (Å²) in [5.74, 6) is -0.662. The van der Waals surface area contributed by atoms with Gasteiger partial charge in [0.2, 0.25) is 5.91 Å². The molecule has 0 aromatic heterocycles. The molecule has 0 spiro atoms. The first-order valence-corrected chi connectivity index (χ1v) is 8.85. The molecule has 0 aliphatic rings. The minimum atomic E-state index is -0.439. The average Bonchev–Trinajstić information content (AvgIpc) is 2.55. The molecular formula is C18H19BrClFN2O. The first-order chi connectivity index (χ1) is 11.4. The molecule has 24 heavy (non-hydrogen) atoms. The van der Waals surface area contributed by atoms with E-state index in [2.05, 4.69) is 33.5 Å². The van der Waals surface area contributed by atoms with Crippen LogP contribution in [0.5, 0.6) is 0 Å². The number of hydrogen-bond donors (Lipinski definition) is 2. The molecular weight excluding hydrogens is 395 g/mol. The van der Waals surface area contributed by atoms with Crippen LogP contribution in [0.2, 0.25) is 5.02 Å². The van der Waals surface area contributed by atoms with E-state index < -0.39 is 11.9 Å². The first kappa shape index (κ1) is 18.9. The third-order valence-electron chi connectivity index (χ3n) is 3.71. The van der Waals surface area contributed by atoms with Crippen molar-refractivity contribution in [1.82, 2.24) is 5.32 Å². The summed E-state index contributed by atoms with van der Waals surface area (Å²) >= 11 is 9.36. The van der Waals surface area contributed by atoms with Gasteiger partial charge in [0.15, 0.2) is 0 Å². The molecule has 0 saturated heterocycles. The first-order valence-electron chi connectivity index (χ1n) is 7.68. The summed E-state index contributed by atoms with van der Waals surface area (Å²) in [7, 11) is 0. The zero-order valence-corrected chi connectivity index (χ0v) is 15.8. The number of carbonyl (C=O) groups excluding carboxylic acids is 1. The van der Waals surface area contributed by atoms with Gasteiger partial charge in [-0.2, -0.15) is 0 Å². The summed E-state index contributed by atoms with van der Waals surface area (Å²) < 4.78 is 14.1. The number of anilines is 1. The van der Waals surface area contributed by atoms with Crippen molar-refractivity contribution >= 4 is 39.1 Å². The van der Waals surface area contributed by atoms with Crippen LogP contribution in [0, 0.1) is 5.82 Å². The maximum atomic E-state index is 13.1. The van der Waals surface area contributed by atoms with Crippen LogP contribution in [0.15, 0.2) is 46.9 Å². The summed E-state index contributed by atoms with van der Waals surface area (Å²) in [6.07, 6.45) is 0.844. The van der Waals surface area contributed by atoms with Crippen LogP contribution in [-0.4, -0.2) is 11.9 Å². The van der Waals surface area contributed by atoms with E-state index in [0.717, 1.165) is 16.5 Å². The molecule has 2 N–H and O–H groups in total. The quantitative estimate of drug-likeness (QED) is 0.674. The SMILES string of the molecule is CC[C@H](N[C@@H](C)C(=O)Nc1ccc(F)cc1Cl)c1ccc(Br)cc1. The predicted molar refractivity (Wildman–Crippen MR) is 99.8 cm³/mol. The maximum Gasteiger partial charge on any atom is 0.241 e. The highest BCUT2D eigenvalue weighted by Crippen LogP contribution is 2.23. The molecule has 2 aromatic carbocycles.